The van der Waals surface area contributed by atoms with Gasteiger partial charge in [0, 0.05) is 12.4 Å². The van der Waals surface area contributed by atoms with Crippen LogP contribution in [0.1, 0.15) is 38.7 Å². The summed E-state index contributed by atoms with van der Waals surface area (Å²) in [5.41, 5.74) is 1.36. The third kappa shape index (κ3) is 5.26. The first-order chi connectivity index (χ1) is 7.86. The summed E-state index contributed by atoms with van der Waals surface area (Å²) in [5.74, 6) is 0.798. The average molecular weight is 220 g/mol. The summed E-state index contributed by atoms with van der Waals surface area (Å²) in [6, 6.07) is 4.19. The lowest BCUT2D eigenvalue weighted by Gasteiger charge is -2.15. The van der Waals surface area contributed by atoms with E-state index in [1.54, 1.807) is 0 Å². The number of aromatic nitrogens is 1. The number of nitrogens with zero attached hydrogens (tertiary/aromatic N) is 1. The summed E-state index contributed by atoms with van der Waals surface area (Å²) < 4.78 is 0. The Hall–Kier alpha value is -0.890. The molecule has 1 unspecified atom stereocenters. The quantitative estimate of drug-likeness (QED) is 0.681. The van der Waals surface area contributed by atoms with Crippen molar-refractivity contribution in [3.8, 4) is 0 Å². The number of rotatable bonds is 8. The van der Waals surface area contributed by atoms with Crippen LogP contribution in [-0.2, 0) is 6.42 Å². The minimum atomic E-state index is 0.798. The van der Waals surface area contributed by atoms with E-state index in [-0.39, 0.29) is 0 Å². The topological polar surface area (TPSA) is 24.9 Å². The first kappa shape index (κ1) is 13.2. The fourth-order valence-electron chi connectivity index (χ4n) is 1.85. The summed E-state index contributed by atoms with van der Waals surface area (Å²) in [7, 11) is 0. The minimum absolute atomic E-state index is 0.798. The van der Waals surface area contributed by atoms with Crippen molar-refractivity contribution >= 4 is 0 Å². The Morgan fingerprint density at radius 3 is 2.88 bits per heavy atom. The standard InChI is InChI=1S/C14H24N2/c1-3-9-15-11-13(4-2)7-8-14-6-5-10-16-12-14/h5-6,10,12-13,15H,3-4,7-9,11H2,1-2H3. The molecule has 0 aliphatic rings. The predicted molar refractivity (Wildman–Crippen MR) is 69.5 cm³/mol. The van der Waals surface area contributed by atoms with Crippen molar-refractivity contribution in [3.05, 3.63) is 30.1 Å². The lowest BCUT2D eigenvalue weighted by molar-refractivity contribution is 0.434. The van der Waals surface area contributed by atoms with E-state index in [9.17, 15) is 0 Å². The highest BCUT2D eigenvalue weighted by Crippen LogP contribution is 2.11. The molecule has 2 nitrogen and oxygen atoms in total. The zero-order chi connectivity index (χ0) is 11.6. The Labute approximate surface area is 99.5 Å². The second kappa shape index (κ2) is 8.28. The third-order valence-electron chi connectivity index (χ3n) is 3.00. The highest BCUT2D eigenvalue weighted by Gasteiger charge is 2.05. The normalized spacial score (nSPS) is 12.6. The molecule has 2 heteroatoms. The lowest BCUT2D eigenvalue weighted by Crippen LogP contribution is -2.23. The fourth-order valence-corrected chi connectivity index (χ4v) is 1.85. The Balaban J connectivity index is 2.23. The largest absolute Gasteiger partial charge is 0.316 e. The van der Waals surface area contributed by atoms with Crippen LogP contribution in [0.2, 0.25) is 0 Å². The van der Waals surface area contributed by atoms with Gasteiger partial charge in [0.25, 0.3) is 0 Å². The van der Waals surface area contributed by atoms with E-state index in [2.05, 4.69) is 30.2 Å². The molecule has 0 bridgehead atoms. The molecule has 0 aliphatic heterocycles. The van der Waals surface area contributed by atoms with Crippen LogP contribution in [0.3, 0.4) is 0 Å². The Morgan fingerprint density at radius 2 is 2.25 bits per heavy atom. The lowest BCUT2D eigenvalue weighted by atomic mass is 9.98. The molecule has 0 fully saturated rings. The highest BCUT2D eigenvalue weighted by molar-refractivity contribution is 5.08. The molecule has 16 heavy (non-hydrogen) atoms. The van der Waals surface area contributed by atoms with Crippen molar-refractivity contribution in [3.63, 3.8) is 0 Å². The van der Waals surface area contributed by atoms with Crippen LogP contribution in [0.4, 0.5) is 0 Å². The molecule has 90 valence electrons. The fraction of sp³-hybridized carbons (Fsp3) is 0.643. The first-order valence-corrected chi connectivity index (χ1v) is 6.46. The van der Waals surface area contributed by atoms with E-state index in [0.29, 0.717) is 0 Å². The van der Waals surface area contributed by atoms with E-state index < -0.39 is 0 Å². The maximum atomic E-state index is 4.15. The van der Waals surface area contributed by atoms with Crippen LogP contribution >= 0.6 is 0 Å². The molecule has 0 saturated carbocycles. The van der Waals surface area contributed by atoms with Crippen LogP contribution in [-0.4, -0.2) is 18.1 Å². The van der Waals surface area contributed by atoms with Gasteiger partial charge in [-0.2, -0.15) is 0 Å². The maximum absolute atomic E-state index is 4.15. The van der Waals surface area contributed by atoms with Crippen molar-refractivity contribution in [2.24, 2.45) is 5.92 Å². The SMILES string of the molecule is CCCNCC(CC)CCc1cccnc1. The molecule has 0 saturated heterocycles. The molecule has 1 atom stereocenters. The van der Waals surface area contributed by atoms with Crippen LogP contribution in [0.25, 0.3) is 0 Å². The van der Waals surface area contributed by atoms with Crippen molar-refractivity contribution in [1.82, 2.24) is 10.3 Å². The van der Waals surface area contributed by atoms with E-state index in [4.69, 9.17) is 0 Å². The molecular formula is C14H24N2. The van der Waals surface area contributed by atoms with Crippen LogP contribution in [0, 0.1) is 5.92 Å². The number of pyridine rings is 1. The molecule has 1 aromatic heterocycles. The monoisotopic (exact) mass is 220 g/mol. The van der Waals surface area contributed by atoms with Gasteiger partial charge in [0.15, 0.2) is 0 Å². The van der Waals surface area contributed by atoms with E-state index in [1.807, 2.05) is 18.5 Å². The van der Waals surface area contributed by atoms with Gasteiger partial charge in [0.05, 0.1) is 0 Å². The molecule has 0 spiro atoms. The highest BCUT2D eigenvalue weighted by atomic mass is 14.8. The van der Waals surface area contributed by atoms with Crippen molar-refractivity contribution in [1.29, 1.82) is 0 Å². The summed E-state index contributed by atoms with van der Waals surface area (Å²) in [5, 5.41) is 3.51. The third-order valence-corrected chi connectivity index (χ3v) is 3.00. The minimum Gasteiger partial charge on any atom is -0.316 e. The summed E-state index contributed by atoms with van der Waals surface area (Å²) in [4.78, 5) is 4.15. The number of hydrogen-bond acceptors (Lipinski definition) is 2. The van der Waals surface area contributed by atoms with Gasteiger partial charge in [-0.3, -0.25) is 4.98 Å². The molecule has 1 aromatic rings. The first-order valence-electron chi connectivity index (χ1n) is 6.46. The van der Waals surface area contributed by atoms with Gasteiger partial charge in [-0.25, -0.2) is 0 Å². The average Bonchev–Trinajstić information content (AvgIpc) is 2.35. The van der Waals surface area contributed by atoms with E-state index in [1.165, 1.54) is 24.8 Å². The van der Waals surface area contributed by atoms with E-state index >= 15 is 0 Å². The maximum Gasteiger partial charge on any atom is 0.0299 e. The number of hydrogen-bond donors (Lipinski definition) is 1. The van der Waals surface area contributed by atoms with Crippen molar-refractivity contribution in [2.75, 3.05) is 13.1 Å². The van der Waals surface area contributed by atoms with Gasteiger partial charge in [-0.05, 0) is 49.9 Å². The molecule has 1 heterocycles. The number of nitrogens with one attached hydrogen (secondary N) is 1. The molecular weight excluding hydrogens is 196 g/mol. The number of aryl methyl sites for hydroxylation is 1. The van der Waals surface area contributed by atoms with E-state index in [0.717, 1.165) is 25.4 Å². The molecule has 0 radical (unpaired) electrons. The Morgan fingerprint density at radius 1 is 1.38 bits per heavy atom. The van der Waals surface area contributed by atoms with Gasteiger partial charge in [-0.15, -0.1) is 0 Å². The smallest absolute Gasteiger partial charge is 0.0299 e. The Bertz CT molecular complexity index is 259. The van der Waals surface area contributed by atoms with Crippen LogP contribution < -0.4 is 5.32 Å². The van der Waals surface area contributed by atoms with Gasteiger partial charge < -0.3 is 5.32 Å². The molecule has 0 amide bonds. The molecule has 0 aromatic carbocycles. The molecule has 1 N–H and O–H groups in total. The zero-order valence-electron chi connectivity index (χ0n) is 10.6. The van der Waals surface area contributed by atoms with Gasteiger partial charge >= 0.3 is 0 Å². The Kier molecular flexibility index (Phi) is 6.82. The van der Waals surface area contributed by atoms with Crippen molar-refractivity contribution < 1.29 is 0 Å². The second-order valence-electron chi connectivity index (χ2n) is 4.38. The van der Waals surface area contributed by atoms with Gasteiger partial charge in [0.1, 0.15) is 0 Å². The van der Waals surface area contributed by atoms with Crippen LogP contribution in [0.5, 0.6) is 0 Å². The predicted octanol–water partition coefficient (Wildman–Crippen LogP) is 3.04. The summed E-state index contributed by atoms with van der Waals surface area (Å²) in [6.45, 7) is 6.79. The summed E-state index contributed by atoms with van der Waals surface area (Å²) >= 11 is 0. The molecule has 1 rings (SSSR count). The van der Waals surface area contributed by atoms with Gasteiger partial charge in [-0.1, -0.05) is 26.3 Å². The van der Waals surface area contributed by atoms with Crippen molar-refractivity contribution in [2.45, 2.75) is 39.5 Å². The second-order valence-corrected chi connectivity index (χ2v) is 4.38. The molecule has 0 aliphatic carbocycles. The van der Waals surface area contributed by atoms with Gasteiger partial charge in [0.2, 0.25) is 0 Å². The zero-order valence-corrected chi connectivity index (χ0v) is 10.6. The summed E-state index contributed by atoms with van der Waals surface area (Å²) in [6.07, 6.45) is 8.71. The van der Waals surface area contributed by atoms with Crippen LogP contribution in [0.15, 0.2) is 24.5 Å².